The molecule has 0 saturated carbocycles. The fraction of sp³-hybridized carbons (Fsp3) is 0.241. The van der Waals surface area contributed by atoms with Crippen molar-refractivity contribution in [2.75, 3.05) is 11.9 Å². The molecule has 6 nitrogen and oxygen atoms in total. The summed E-state index contributed by atoms with van der Waals surface area (Å²) in [4.78, 5) is 28.8. The zero-order chi connectivity index (χ0) is 26.0. The average Bonchev–Trinajstić information content (AvgIpc) is 3.31. The number of carbonyl (C=O) groups is 2. The molecule has 0 aliphatic rings. The van der Waals surface area contributed by atoms with Gasteiger partial charge in [-0.25, -0.2) is 4.98 Å². The minimum atomic E-state index is -0.287. The molecule has 0 atom stereocenters. The first-order valence-electron chi connectivity index (χ1n) is 12.2. The molecule has 3 aromatic carbocycles. The third-order valence-corrected chi connectivity index (χ3v) is 6.96. The number of anilines is 1. The lowest BCUT2D eigenvalue weighted by atomic mass is 10.1. The van der Waals surface area contributed by atoms with Crippen LogP contribution >= 0.6 is 23.6 Å². The molecule has 0 radical (unpaired) electrons. The molecule has 0 fully saturated rings. The minimum Gasteiger partial charge on any atom is -0.466 e. The van der Waals surface area contributed by atoms with Gasteiger partial charge in [-0.05, 0) is 85.9 Å². The van der Waals surface area contributed by atoms with Crippen molar-refractivity contribution in [3.63, 3.8) is 0 Å². The van der Waals surface area contributed by atoms with E-state index >= 15 is 0 Å². The summed E-state index contributed by atoms with van der Waals surface area (Å²) in [6, 6.07) is 24.1. The van der Waals surface area contributed by atoms with Gasteiger partial charge in [-0.3, -0.25) is 9.59 Å². The summed E-state index contributed by atoms with van der Waals surface area (Å²) >= 11 is 6.92. The van der Waals surface area contributed by atoms with Crippen LogP contribution in [0.25, 0.3) is 20.8 Å². The van der Waals surface area contributed by atoms with Crippen LogP contribution in [0.15, 0.2) is 72.8 Å². The Kier molecular flexibility index (Phi) is 9.35. The monoisotopic (exact) mass is 531 g/mol. The van der Waals surface area contributed by atoms with Crippen molar-refractivity contribution in [1.82, 2.24) is 10.3 Å². The molecule has 8 heteroatoms. The number of hydrogen-bond donors (Lipinski definition) is 2. The molecule has 1 aromatic heterocycles. The number of nitrogens with one attached hydrogen (secondary N) is 2. The third-order valence-electron chi connectivity index (χ3n) is 5.69. The SMILES string of the molecule is Cc1ccc2nc(-c3ccc(NC(=S)NC(=O)CCCC(=O)OCCCc4ccccc4)cc3)sc2c1. The Morgan fingerprint density at radius 1 is 0.973 bits per heavy atom. The molecule has 0 bridgehead atoms. The summed E-state index contributed by atoms with van der Waals surface area (Å²) < 4.78 is 6.42. The van der Waals surface area contributed by atoms with Gasteiger partial charge in [0.05, 0.1) is 16.8 Å². The van der Waals surface area contributed by atoms with E-state index in [0.29, 0.717) is 13.0 Å². The Balaban J connectivity index is 1.13. The quantitative estimate of drug-likeness (QED) is 0.139. The standard InChI is InChI=1S/C29H29N3O3S2/c1-20-12-17-24-25(19-20)37-28(31-24)22-13-15-23(16-14-22)30-29(36)32-26(33)10-5-11-27(34)35-18-6-9-21-7-3-2-4-8-21/h2-4,7-8,12-17,19H,5-6,9-11,18H2,1H3,(H2,30,32,33,36). The van der Waals surface area contributed by atoms with Crippen LogP contribution in [-0.4, -0.2) is 28.6 Å². The van der Waals surface area contributed by atoms with Crippen LogP contribution in [0.2, 0.25) is 0 Å². The van der Waals surface area contributed by atoms with E-state index in [2.05, 4.69) is 41.8 Å². The largest absolute Gasteiger partial charge is 0.466 e. The normalized spacial score (nSPS) is 10.7. The number of benzene rings is 3. The zero-order valence-electron chi connectivity index (χ0n) is 20.7. The van der Waals surface area contributed by atoms with E-state index in [9.17, 15) is 9.59 Å². The lowest BCUT2D eigenvalue weighted by molar-refractivity contribution is -0.143. The van der Waals surface area contributed by atoms with Crippen LogP contribution in [0.3, 0.4) is 0 Å². The molecule has 4 rings (SSSR count). The van der Waals surface area contributed by atoms with E-state index in [1.165, 1.54) is 11.1 Å². The van der Waals surface area contributed by atoms with Crippen molar-refractivity contribution in [2.24, 2.45) is 0 Å². The van der Waals surface area contributed by atoms with Gasteiger partial charge in [0.1, 0.15) is 5.01 Å². The highest BCUT2D eigenvalue weighted by Crippen LogP contribution is 2.31. The minimum absolute atomic E-state index is 0.191. The maximum atomic E-state index is 12.2. The molecular weight excluding hydrogens is 502 g/mol. The second-order valence-electron chi connectivity index (χ2n) is 8.73. The summed E-state index contributed by atoms with van der Waals surface area (Å²) in [6.07, 6.45) is 2.44. The molecule has 1 heterocycles. The number of fused-ring (bicyclic) bond motifs is 1. The van der Waals surface area contributed by atoms with Crippen LogP contribution in [0.4, 0.5) is 5.69 Å². The Morgan fingerprint density at radius 2 is 1.76 bits per heavy atom. The van der Waals surface area contributed by atoms with E-state index in [1.807, 2.05) is 48.5 Å². The number of esters is 1. The van der Waals surface area contributed by atoms with Gasteiger partial charge in [0, 0.05) is 24.1 Å². The Morgan fingerprint density at radius 3 is 2.54 bits per heavy atom. The molecule has 0 aliphatic carbocycles. The van der Waals surface area contributed by atoms with E-state index in [4.69, 9.17) is 21.9 Å². The van der Waals surface area contributed by atoms with E-state index in [1.54, 1.807) is 11.3 Å². The topological polar surface area (TPSA) is 80.3 Å². The molecule has 37 heavy (non-hydrogen) atoms. The average molecular weight is 532 g/mol. The smallest absolute Gasteiger partial charge is 0.305 e. The maximum Gasteiger partial charge on any atom is 0.305 e. The Hall–Kier alpha value is -3.62. The Bertz CT molecular complexity index is 1370. The number of hydrogen-bond acceptors (Lipinski definition) is 6. The summed E-state index contributed by atoms with van der Waals surface area (Å²) in [5.74, 6) is -0.527. The molecular formula is C29H29N3O3S2. The first-order valence-corrected chi connectivity index (χ1v) is 13.5. The van der Waals surface area contributed by atoms with Gasteiger partial charge in [0.2, 0.25) is 5.91 Å². The zero-order valence-corrected chi connectivity index (χ0v) is 22.3. The summed E-state index contributed by atoms with van der Waals surface area (Å²) in [7, 11) is 0. The Labute approximate surface area is 226 Å². The van der Waals surface area contributed by atoms with Gasteiger partial charge in [0.15, 0.2) is 5.11 Å². The summed E-state index contributed by atoms with van der Waals surface area (Å²) in [5, 5.41) is 6.86. The van der Waals surface area contributed by atoms with Crippen molar-refractivity contribution < 1.29 is 14.3 Å². The molecule has 0 saturated heterocycles. The van der Waals surface area contributed by atoms with Crippen molar-refractivity contribution in [1.29, 1.82) is 0 Å². The predicted molar refractivity (Wildman–Crippen MR) is 154 cm³/mol. The van der Waals surface area contributed by atoms with Gasteiger partial charge < -0.3 is 15.4 Å². The van der Waals surface area contributed by atoms with Crippen LogP contribution in [0.5, 0.6) is 0 Å². The van der Waals surface area contributed by atoms with Gasteiger partial charge >= 0.3 is 5.97 Å². The van der Waals surface area contributed by atoms with Gasteiger partial charge in [-0.1, -0.05) is 36.4 Å². The van der Waals surface area contributed by atoms with Crippen molar-refractivity contribution in [3.05, 3.63) is 83.9 Å². The number of nitrogens with zero attached hydrogens (tertiary/aromatic N) is 1. The fourth-order valence-electron chi connectivity index (χ4n) is 3.78. The van der Waals surface area contributed by atoms with Gasteiger partial charge in [0.25, 0.3) is 0 Å². The second kappa shape index (κ2) is 13.1. The highest BCUT2D eigenvalue weighted by atomic mass is 32.1. The van der Waals surface area contributed by atoms with Crippen LogP contribution in [0.1, 0.15) is 36.8 Å². The number of ether oxygens (including phenoxy) is 1. The van der Waals surface area contributed by atoms with Crippen molar-refractivity contribution >= 4 is 56.4 Å². The molecule has 190 valence electrons. The second-order valence-corrected chi connectivity index (χ2v) is 10.2. The number of amides is 1. The number of aromatic nitrogens is 1. The first kappa shape index (κ1) is 26.4. The number of thiazole rings is 1. The van der Waals surface area contributed by atoms with Gasteiger partial charge in [-0.15, -0.1) is 11.3 Å². The molecule has 0 aliphatic heterocycles. The molecule has 1 amide bonds. The van der Waals surface area contributed by atoms with Crippen LogP contribution < -0.4 is 10.6 Å². The summed E-state index contributed by atoms with van der Waals surface area (Å²) in [6.45, 7) is 2.45. The lowest BCUT2D eigenvalue weighted by Gasteiger charge is -2.10. The van der Waals surface area contributed by atoms with E-state index in [0.717, 1.165) is 39.3 Å². The lowest BCUT2D eigenvalue weighted by Crippen LogP contribution is -2.34. The number of carbonyl (C=O) groups excluding carboxylic acids is 2. The van der Waals surface area contributed by atoms with Crippen LogP contribution in [0, 0.1) is 6.92 Å². The van der Waals surface area contributed by atoms with Gasteiger partial charge in [-0.2, -0.15) is 0 Å². The number of aryl methyl sites for hydroxylation is 2. The van der Waals surface area contributed by atoms with Crippen molar-refractivity contribution in [2.45, 2.75) is 39.0 Å². The van der Waals surface area contributed by atoms with Crippen LogP contribution in [-0.2, 0) is 20.7 Å². The molecule has 4 aromatic rings. The van der Waals surface area contributed by atoms with E-state index < -0.39 is 0 Å². The first-order chi connectivity index (χ1) is 18.0. The fourth-order valence-corrected chi connectivity index (χ4v) is 5.08. The highest BCUT2D eigenvalue weighted by Gasteiger charge is 2.10. The number of rotatable bonds is 10. The predicted octanol–water partition coefficient (Wildman–Crippen LogP) is 6.43. The molecule has 0 unspecified atom stereocenters. The highest BCUT2D eigenvalue weighted by molar-refractivity contribution is 7.80. The molecule has 2 N–H and O–H groups in total. The number of thiocarbonyl (C=S) groups is 1. The summed E-state index contributed by atoms with van der Waals surface area (Å²) in [5.41, 5.74) is 5.22. The third kappa shape index (κ3) is 8.20. The van der Waals surface area contributed by atoms with E-state index in [-0.39, 0.29) is 29.8 Å². The van der Waals surface area contributed by atoms with Crippen molar-refractivity contribution in [3.8, 4) is 10.6 Å². The molecule has 0 spiro atoms. The maximum absolute atomic E-state index is 12.2.